The lowest BCUT2D eigenvalue weighted by molar-refractivity contribution is -0.121. The number of piperidine rings is 1. The van der Waals surface area contributed by atoms with E-state index in [2.05, 4.69) is 20.5 Å². The maximum absolute atomic E-state index is 12.5. The Labute approximate surface area is 175 Å². The van der Waals surface area contributed by atoms with Crippen LogP contribution < -0.4 is 10.6 Å². The predicted octanol–water partition coefficient (Wildman–Crippen LogP) is 3.03. The first-order valence-corrected chi connectivity index (χ1v) is 11.1. The standard InChI is InChI=1S/C21H28N4O3S/c1-3-14(2)22-19(27)15-8-7-9-16(12-15)23-18(26)13-17-20(28)24-21(29-17)25-10-5-4-6-11-25/h7-9,12,14,17H,3-6,10-11,13H2,1-2H3,(H,22,27)(H,23,26)/t14-,17-/m0/s1. The van der Waals surface area contributed by atoms with Crippen molar-refractivity contribution in [3.63, 3.8) is 0 Å². The number of nitrogens with one attached hydrogen (secondary N) is 2. The Morgan fingerprint density at radius 2 is 2.03 bits per heavy atom. The van der Waals surface area contributed by atoms with Crippen LogP contribution in [0.2, 0.25) is 0 Å². The van der Waals surface area contributed by atoms with Crippen molar-refractivity contribution in [2.75, 3.05) is 18.4 Å². The molecule has 2 atom stereocenters. The summed E-state index contributed by atoms with van der Waals surface area (Å²) in [5.41, 5.74) is 1.03. The summed E-state index contributed by atoms with van der Waals surface area (Å²) >= 11 is 1.38. The second-order valence-electron chi connectivity index (χ2n) is 7.50. The first-order valence-electron chi connectivity index (χ1n) is 10.2. The van der Waals surface area contributed by atoms with Crippen molar-refractivity contribution in [2.45, 2.75) is 57.2 Å². The molecule has 0 saturated carbocycles. The number of hydrogen-bond donors (Lipinski definition) is 2. The van der Waals surface area contributed by atoms with E-state index < -0.39 is 5.25 Å². The molecule has 0 spiro atoms. The van der Waals surface area contributed by atoms with Gasteiger partial charge in [-0.1, -0.05) is 24.8 Å². The average molecular weight is 417 g/mol. The molecule has 1 saturated heterocycles. The van der Waals surface area contributed by atoms with Gasteiger partial charge in [-0.2, -0.15) is 4.99 Å². The van der Waals surface area contributed by atoms with E-state index in [0.29, 0.717) is 11.3 Å². The Bertz CT molecular complexity index is 805. The molecule has 2 heterocycles. The van der Waals surface area contributed by atoms with Crippen LogP contribution in [0.4, 0.5) is 5.69 Å². The van der Waals surface area contributed by atoms with E-state index in [0.717, 1.165) is 37.5 Å². The highest BCUT2D eigenvalue weighted by Gasteiger charge is 2.33. The van der Waals surface area contributed by atoms with Crippen molar-refractivity contribution in [1.82, 2.24) is 10.2 Å². The smallest absolute Gasteiger partial charge is 0.262 e. The number of nitrogens with zero attached hydrogens (tertiary/aromatic N) is 2. The summed E-state index contributed by atoms with van der Waals surface area (Å²) in [4.78, 5) is 43.3. The maximum atomic E-state index is 12.5. The predicted molar refractivity (Wildman–Crippen MR) is 116 cm³/mol. The first kappa shape index (κ1) is 21.4. The first-order chi connectivity index (χ1) is 14.0. The molecule has 0 aromatic heterocycles. The van der Waals surface area contributed by atoms with Gasteiger partial charge in [0.2, 0.25) is 5.91 Å². The van der Waals surface area contributed by atoms with Gasteiger partial charge in [-0.15, -0.1) is 0 Å². The third-order valence-electron chi connectivity index (χ3n) is 5.12. The highest BCUT2D eigenvalue weighted by molar-refractivity contribution is 8.15. The van der Waals surface area contributed by atoms with E-state index in [1.807, 2.05) is 13.8 Å². The van der Waals surface area contributed by atoms with Crippen LogP contribution in [0.5, 0.6) is 0 Å². The number of benzene rings is 1. The summed E-state index contributed by atoms with van der Waals surface area (Å²) in [6, 6.07) is 6.91. The summed E-state index contributed by atoms with van der Waals surface area (Å²) in [5.74, 6) is -0.672. The molecule has 2 N–H and O–H groups in total. The second kappa shape index (κ2) is 9.91. The van der Waals surface area contributed by atoms with Gasteiger partial charge in [0.1, 0.15) is 5.25 Å². The van der Waals surface area contributed by atoms with Crippen LogP contribution in [-0.2, 0) is 9.59 Å². The van der Waals surface area contributed by atoms with Gasteiger partial charge < -0.3 is 15.5 Å². The van der Waals surface area contributed by atoms with E-state index in [-0.39, 0.29) is 30.2 Å². The molecular formula is C21H28N4O3S. The Kier molecular flexibility index (Phi) is 7.30. The van der Waals surface area contributed by atoms with Gasteiger partial charge in [-0.3, -0.25) is 14.4 Å². The Morgan fingerprint density at radius 1 is 1.28 bits per heavy atom. The lowest BCUT2D eigenvalue weighted by atomic mass is 10.1. The number of carbonyl (C=O) groups excluding carboxylic acids is 3. The monoisotopic (exact) mass is 416 g/mol. The number of thioether (sulfide) groups is 1. The van der Waals surface area contributed by atoms with Gasteiger partial charge in [0, 0.05) is 36.8 Å². The number of carbonyl (C=O) groups is 3. The number of likely N-dealkylation sites (tertiary alicyclic amines) is 1. The third kappa shape index (κ3) is 5.82. The van der Waals surface area contributed by atoms with Crippen molar-refractivity contribution < 1.29 is 14.4 Å². The second-order valence-corrected chi connectivity index (χ2v) is 8.67. The molecule has 3 rings (SSSR count). The maximum Gasteiger partial charge on any atom is 0.262 e. The largest absolute Gasteiger partial charge is 0.351 e. The molecule has 29 heavy (non-hydrogen) atoms. The normalized spacial score (nSPS) is 20.2. The average Bonchev–Trinajstić information content (AvgIpc) is 3.08. The zero-order valence-electron chi connectivity index (χ0n) is 16.9. The number of anilines is 1. The molecule has 0 aliphatic carbocycles. The van der Waals surface area contributed by atoms with Crippen molar-refractivity contribution in [1.29, 1.82) is 0 Å². The molecule has 1 aromatic rings. The highest BCUT2D eigenvalue weighted by Crippen LogP contribution is 2.29. The molecule has 0 unspecified atom stereocenters. The molecule has 1 aromatic carbocycles. The van der Waals surface area contributed by atoms with E-state index >= 15 is 0 Å². The van der Waals surface area contributed by atoms with Gasteiger partial charge >= 0.3 is 0 Å². The Balaban J connectivity index is 1.54. The number of hydrogen-bond acceptors (Lipinski definition) is 5. The quantitative estimate of drug-likeness (QED) is 0.744. The number of amides is 3. The van der Waals surface area contributed by atoms with Crippen LogP contribution in [0, 0.1) is 0 Å². The molecule has 3 amide bonds. The fraction of sp³-hybridized carbons (Fsp3) is 0.524. The van der Waals surface area contributed by atoms with Crippen LogP contribution in [0.3, 0.4) is 0 Å². The minimum absolute atomic E-state index is 0.0631. The topological polar surface area (TPSA) is 90.9 Å². The summed E-state index contributed by atoms with van der Waals surface area (Å²) < 4.78 is 0. The molecule has 8 heteroatoms. The summed E-state index contributed by atoms with van der Waals surface area (Å²) in [5, 5.41) is 5.97. The highest BCUT2D eigenvalue weighted by atomic mass is 32.2. The van der Waals surface area contributed by atoms with Gasteiger partial charge in [-0.05, 0) is 50.8 Å². The Morgan fingerprint density at radius 3 is 2.76 bits per heavy atom. The van der Waals surface area contributed by atoms with Crippen molar-refractivity contribution >= 4 is 40.3 Å². The molecule has 156 valence electrons. The Hall–Kier alpha value is -2.35. The van der Waals surface area contributed by atoms with E-state index in [1.54, 1.807) is 24.3 Å². The van der Waals surface area contributed by atoms with Crippen LogP contribution in [0.25, 0.3) is 0 Å². The molecule has 2 aliphatic heterocycles. The van der Waals surface area contributed by atoms with Crippen LogP contribution in [0.1, 0.15) is 56.3 Å². The third-order valence-corrected chi connectivity index (χ3v) is 6.34. The summed E-state index contributed by atoms with van der Waals surface area (Å²) in [6.45, 7) is 5.79. The summed E-state index contributed by atoms with van der Waals surface area (Å²) in [6.07, 6.45) is 4.34. The van der Waals surface area contributed by atoms with Gasteiger partial charge in [0.15, 0.2) is 5.17 Å². The molecular weight excluding hydrogens is 388 g/mol. The fourth-order valence-electron chi connectivity index (χ4n) is 3.26. The van der Waals surface area contributed by atoms with E-state index in [4.69, 9.17) is 0 Å². The van der Waals surface area contributed by atoms with Crippen LogP contribution >= 0.6 is 11.8 Å². The van der Waals surface area contributed by atoms with Crippen molar-refractivity contribution in [3.05, 3.63) is 29.8 Å². The minimum Gasteiger partial charge on any atom is -0.351 e. The minimum atomic E-state index is -0.483. The lowest BCUT2D eigenvalue weighted by Crippen LogP contribution is -2.33. The molecule has 0 bridgehead atoms. The van der Waals surface area contributed by atoms with Gasteiger partial charge in [-0.25, -0.2) is 0 Å². The molecule has 7 nitrogen and oxygen atoms in total. The van der Waals surface area contributed by atoms with E-state index in [9.17, 15) is 14.4 Å². The van der Waals surface area contributed by atoms with Crippen LogP contribution in [0.15, 0.2) is 29.3 Å². The zero-order valence-corrected chi connectivity index (χ0v) is 17.8. The number of rotatable bonds is 6. The fourth-order valence-corrected chi connectivity index (χ4v) is 4.37. The summed E-state index contributed by atoms with van der Waals surface area (Å²) in [7, 11) is 0. The number of aliphatic imine (C=N–C) groups is 1. The van der Waals surface area contributed by atoms with Crippen molar-refractivity contribution in [3.8, 4) is 0 Å². The lowest BCUT2D eigenvalue weighted by Gasteiger charge is -2.27. The van der Waals surface area contributed by atoms with Gasteiger partial charge in [0.25, 0.3) is 11.8 Å². The molecule has 0 radical (unpaired) electrons. The van der Waals surface area contributed by atoms with Crippen LogP contribution in [-0.4, -0.2) is 52.2 Å². The molecule has 2 aliphatic rings. The molecule has 1 fully saturated rings. The zero-order chi connectivity index (χ0) is 20.8. The van der Waals surface area contributed by atoms with Gasteiger partial charge in [0.05, 0.1) is 0 Å². The van der Waals surface area contributed by atoms with E-state index in [1.165, 1.54) is 18.2 Å². The number of amidine groups is 1. The SMILES string of the molecule is CC[C@H](C)NC(=O)c1cccc(NC(=O)C[C@@H]2SC(N3CCCCC3)=NC2=O)c1. The van der Waals surface area contributed by atoms with Crippen molar-refractivity contribution in [2.24, 2.45) is 4.99 Å².